The summed E-state index contributed by atoms with van der Waals surface area (Å²) in [5.74, 6) is 0.598. The van der Waals surface area contributed by atoms with Crippen LogP contribution in [0.2, 0.25) is 0 Å². The molecular weight excluding hydrogens is 727 g/mol. The molecule has 0 heterocycles. The molecule has 1 N–H and O–H groups in total. The van der Waals surface area contributed by atoms with Crippen LogP contribution in [0.3, 0.4) is 0 Å². The first-order chi connectivity index (χ1) is 28.5. The second-order valence-corrected chi connectivity index (χ2v) is 16.3. The summed E-state index contributed by atoms with van der Waals surface area (Å²) in [5, 5.41) is 8.69. The lowest BCUT2D eigenvalue weighted by atomic mass is 9.73. The average molecular weight is 790 g/mol. The van der Waals surface area contributed by atoms with E-state index in [1.165, 1.54) is 90.2 Å². The number of hydrogen-bond donors (Lipinski definition) is 1. The van der Waals surface area contributed by atoms with Crippen LogP contribution in [0.25, 0.3) is 11.1 Å². The Kier molecular flexibility index (Phi) is 15.0. The van der Waals surface area contributed by atoms with Gasteiger partial charge in [0.25, 0.3) is 0 Å². The summed E-state index contributed by atoms with van der Waals surface area (Å²) in [4.78, 5) is 2.32. The normalized spacial score (nSPS) is 13.0. The van der Waals surface area contributed by atoms with Gasteiger partial charge in [0.2, 0.25) is 0 Å². The third kappa shape index (κ3) is 10.4. The Morgan fingerprint density at radius 3 is 1.47 bits per heavy atom. The molecule has 0 amide bonds. The van der Waals surface area contributed by atoms with Crippen LogP contribution in [-0.2, 0) is 26.2 Å². The van der Waals surface area contributed by atoms with E-state index in [0.717, 1.165) is 0 Å². The largest absolute Gasteiger partial charge is 0.394 e. The first-order valence-electron chi connectivity index (χ1n) is 21.2. The van der Waals surface area contributed by atoms with E-state index in [1.807, 2.05) is 0 Å². The average Bonchev–Trinajstić information content (AvgIpc) is 3.49. The fourth-order valence-corrected chi connectivity index (χ4v) is 7.95. The van der Waals surface area contributed by atoms with Gasteiger partial charge in [0.05, 0.1) is 46.2 Å². The smallest absolute Gasteiger partial charge is 0.0720 e. The molecule has 59 heavy (non-hydrogen) atoms. The molecule has 0 spiro atoms. The van der Waals surface area contributed by atoms with Crippen molar-refractivity contribution in [2.75, 3.05) is 44.5 Å². The van der Waals surface area contributed by atoms with Crippen LogP contribution in [0, 0.1) is 34.6 Å². The molecule has 5 nitrogen and oxygen atoms in total. The number of hydrogen-bond acceptors (Lipinski definition) is 5. The summed E-state index contributed by atoms with van der Waals surface area (Å²) in [5.41, 5.74) is 19.1. The molecule has 0 saturated carbocycles. The van der Waals surface area contributed by atoms with Gasteiger partial charge in [0, 0.05) is 22.5 Å². The van der Waals surface area contributed by atoms with E-state index < -0.39 is 0 Å². The van der Waals surface area contributed by atoms with Gasteiger partial charge in [-0.25, -0.2) is 0 Å². The minimum Gasteiger partial charge on any atom is -0.394 e. The SMILES string of the molecule is CCC(C)c1ccc(N(c2ccc(C)cc2)c2ccc(C)cc2)cc1.Cc1ccc2c(c1)C(C)(c1ccc(COCCOCCOCCO)c(C)c1)c1cc(C)ccc1-2. The van der Waals surface area contributed by atoms with Gasteiger partial charge in [-0.05, 0) is 135 Å². The second kappa shape index (κ2) is 20.3. The van der Waals surface area contributed by atoms with E-state index in [2.05, 4.69) is 188 Å². The summed E-state index contributed by atoms with van der Waals surface area (Å²) in [7, 11) is 0. The van der Waals surface area contributed by atoms with Crippen LogP contribution in [0.5, 0.6) is 0 Å². The Morgan fingerprint density at radius 1 is 0.542 bits per heavy atom. The predicted molar refractivity (Wildman–Crippen MR) is 246 cm³/mol. The van der Waals surface area contributed by atoms with Crippen molar-refractivity contribution in [3.8, 4) is 11.1 Å². The maximum atomic E-state index is 8.69. The molecule has 1 aliphatic carbocycles. The van der Waals surface area contributed by atoms with Crippen LogP contribution in [-0.4, -0.2) is 44.7 Å². The third-order valence-corrected chi connectivity index (χ3v) is 11.8. The first-order valence-corrected chi connectivity index (χ1v) is 21.2. The third-order valence-electron chi connectivity index (χ3n) is 11.8. The van der Waals surface area contributed by atoms with Crippen LogP contribution in [0.1, 0.15) is 88.7 Å². The van der Waals surface area contributed by atoms with Crippen molar-refractivity contribution in [3.05, 3.63) is 183 Å². The summed E-state index contributed by atoms with van der Waals surface area (Å²) >= 11 is 0. The van der Waals surface area contributed by atoms with Crippen molar-refractivity contribution in [2.45, 2.75) is 79.8 Å². The van der Waals surface area contributed by atoms with Gasteiger partial charge < -0.3 is 24.2 Å². The van der Waals surface area contributed by atoms with Gasteiger partial charge in [0.1, 0.15) is 0 Å². The van der Waals surface area contributed by atoms with Gasteiger partial charge in [-0.1, -0.05) is 127 Å². The van der Waals surface area contributed by atoms with Crippen molar-refractivity contribution in [1.29, 1.82) is 0 Å². The molecule has 0 radical (unpaired) electrons. The number of nitrogens with zero attached hydrogens (tertiary/aromatic N) is 1. The Morgan fingerprint density at radius 2 is 1.00 bits per heavy atom. The highest BCUT2D eigenvalue weighted by molar-refractivity contribution is 5.84. The monoisotopic (exact) mass is 789 g/mol. The maximum absolute atomic E-state index is 8.69. The van der Waals surface area contributed by atoms with Crippen LogP contribution in [0.4, 0.5) is 17.1 Å². The zero-order valence-corrected chi connectivity index (χ0v) is 36.5. The van der Waals surface area contributed by atoms with Gasteiger partial charge in [0.15, 0.2) is 0 Å². The Labute approximate surface area is 353 Å². The number of anilines is 3. The maximum Gasteiger partial charge on any atom is 0.0720 e. The Hall–Kier alpha value is -5.04. The number of rotatable bonds is 16. The van der Waals surface area contributed by atoms with Crippen LogP contribution in [0.15, 0.2) is 127 Å². The van der Waals surface area contributed by atoms with Crippen LogP contribution < -0.4 is 4.90 Å². The fourth-order valence-electron chi connectivity index (χ4n) is 7.95. The van der Waals surface area contributed by atoms with Gasteiger partial charge >= 0.3 is 0 Å². The van der Waals surface area contributed by atoms with Gasteiger partial charge in [-0.2, -0.15) is 0 Å². The molecule has 308 valence electrons. The highest BCUT2D eigenvalue weighted by atomic mass is 16.5. The van der Waals surface area contributed by atoms with Crippen molar-refractivity contribution < 1.29 is 19.3 Å². The summed E-state index contributed by atoms with van der Waals surface area (Å²) < 4.78 is 16.5. The van der Waals surface area contributed by atoms with E-state index in [0.29, 0.717) is 45.6 Å². The zero-order chi connectivity index (χ0) is 41.9. The fraction of sp³-hybridized carbons (Fsp3) is 0.333. The van der Waals surface area contributed by atoms with E-state index >= 15 is 0 Å². The van der Waals surface area contributed by atoms with Crippen LogP contribution >= 0.6 is 0 Å². The number of aliphatic hydroxyl groups excluding tert-OH is 1. The van der Waals surface area contributed by atoms with Crippen molar-refractivity contribution in [1.82, 2.24) is 0 Å². The minimum atomic E-state index is -0.182. The van der Waals surface area contributed by atoms with E-state index in [1.54, 1.807) is 0 Å². The number of fused-ring (bicyclic) bond motifs is 3. The van der Waals surface area contributed by atoms with Crippen molar-refractivity contribution in [3.63, 3.8) is 0 Å². The van der Waals surface area contributed by atoms with Crippen molar-refractivity contribution >= 4 is 17.1 Å². The lowest BCUT2D eigenvalue weighted by molar-refractivity contribution is 0.00444. The number of aliphatic hydroxyl groups is 1. The molecular formula is C54H63NO4. The molecule has 1 unspecified atom stereocenters. The number of aryl methyl sites for hydroxylation is 5. The molecule has 1 aliphatic rings. The molecule has 0 fully saturated rings. The highest BCUT2D eigenvalue weighted by Crippen LogP contribution is 2.53. The Balaban J connectivity index is 0.000000208. The molecule has 6 aromatic carbocycles. The molecule has 0 aliphatic heterocycles. The lowest BCUT2D eigenvalue weighted by Crippen LogP contribution is -2.23. The molecule has 0 saturated heterocycles. The standard InChI is InChI=1S/C30H36O4.C24H27N/c1-21-5-9-26-27-10-6-22(2)18-29(27)30(4,28(26)17-21)25-8-7-24(23(3)19-25)20-34-16-15-33-14-13-32-12-11-31;1-5-20(4)21-10-16-24(17-11-21)25(22-12-6-18(2)7-13-22)23-14-8-19(3)9-15-23/h5-10,17-19,31H,11-16,20H2,1-4H3;6-17,20H,5H2,1-4H3. The minimum absolute atomic E-state index is 0.0404. The van der Waals surface area contributed by atoms with E-state index in [-0.39, 0.29) is 12.0 Å². The van der Waals surface area contributed by atoms with Gasteiger partial charge in [-0.15, -0.1) is 0 Å². The molecule has 6 aromatic rings. The summed E-state index contributed by atoms with van der Waals surface area (Å²) in [6.45, 7) is 20.7. The molecule has 7 rings (SSSR count). The number of benzene rings is 6. The molecule has 5 heteroatoms. The van der Waals surface area contributed by atoms with Crippen molar-refractivity contribution in [2.24, 2.45) is 0 Å². The van der Waals surface area contributed by atoms with E-state index in [9.17, 15) is 0 Å². The zero-order valence-electron chi connectivity index (χ0n) is 36.5. The second-order valence-electron chi connectivity index (χ2n) is 16.3. The van der Waals surface area contributed by atoms with Gasteiger partial charge in [-0.3, -0.25) is 0 Å². The number of ether oxygens (including phenoxy) is 3. The molecule has 0 aromatic heterocycles. The summed E-state index contributed by atoms with van der Waals surface area (Å²) in [6, 6.07) is 47.0. The molecule has 1 atom stereocenters. The highest BCUT2D eigenvalue weighted by Gasteiger charge is 2.41. The first kappa shape index (κ1) is 43.5. The quantitative estimate of drug-likeness (QED) is 0.0990. The topological polar surface area (TPSA) is 51.2 Å². The lowest BCUT2D eigenvalue weighted by Gasteiger charge is -2.29. The molecule has 0 bridgehead atoms. The predicted octanol–water partition coefficient (Wildman–Crippen LogP) is 12.8. The summed E-state index contributed by atoms with van der Waals surface area (Å²) in [6.07, 6.45) is 1.17. The van der Waals surface area contributed by atoms with E-state index in [4.69, 9.17) is 19.3 Å². The Bertz CT molecular complexity index is 2160.